The first-order valence-electron chi connectivity index (χ1n) is 9.87. The summed E-state index contributed by atoms with van der Waals surface area (Å²) in [6.07, 6.45) is 1.50. The van der Waals surface area contributed by atoms with Crippen LogP contribution in [0.1, 0.15) is 15.9 Å². The summed E-state index contributed by atoms with van der Waals surface area (Å²) in [6.45, 7) is 0.602. The number of hydrogen-bond donors (Lipinski definition) is 1. The maximum atomic E-state index is 12.2. The van der Waals surface area contributed by atoms with Crippen molar-refractivity contribution in [3.63, 3.8) is 0 Å². The van der Waals surface area contributed by atoms with E-state index in [1.807, 2.05) is 24.3 Å². The van der Waals surface area contributed by atoms with Crippen LogP contribution in [0.2, 0.25) is 5.02 Å². The Hall–Kier alpha value is -3.23. The van der Waals surface area contributed by atoms with Crippen molar-refractivity contribution in [2.75, 3.05) is 27.4 Å². The number of benzene rings is 3. The zero-order chi connectivity index (χ0) is 23.6. The molecule has 0 fully saturated rings. The second kappa shape index (κ2) is 12.1. The van der Waals surface area contributed by atoms with Crippen molar-refractivity contribution in [3.05, 3.63) is 81.3 Å². The predicted octanol–water partition coefficient (Wildman–Crippen LogP) is 5.34. The molecule has 3 rings (SSSR count). The molecule has 0 unspecified atom stereocenters. The maximum absolute atomic E-state index is 12.2. The molecule has 0 aromatic heterocycles. The third-order valence-corrected chi connectivity index (χ3v) is 5.20. The van der Waals surface area contributed by atoms with Crippen molar-refractivity contribution in [1.29, 1.82) is 0 Å². The topological polar surface area (TPSA) is 78.4 Å². The monoisotopic (exact) mass is 532 g/mol. The smallest absolute Gasteiger partial charge is 0.271 e. The number of nitrogens with one attached hydrogen (secondary N) is 1. The van der Waals surface area contributed by atoms with E-state index in [2.05, 4.69) is 26.5 Å². The summed E-state index contributed by atoms with van der Waals surface area (Å²) >= 11 is 9.41. The fraction of sp³-hybridized carbons (Fsp3) is 0.167. The molecule has 33 heavy (non-hydrogen) atoms. The maximum Gasteiger partial charge on any atom is 0.271 e. The van der Waals surface area contributed by atoms with Crippen LogP contribution in [0.4, 0.5) is 0 Å². The highest BCUT2D eigenvalue weighted by molar-refractivity contribution is 9.10. The summed E-state index contributed by atoms with van der Waals surface area (Å²) in [5.74, 6) is 1.96. The number of para-hydroxylation sites is 2. The van der Waals surface area contributed by atoms with Crippen LogP contribution in [0.15, 0.2) is 70.2 Å². The van der Waals surface area contributed by atoms with Crippen LogP contribution in [-0.4, -0.2) is 39.6 Å². The Labute approximate surface area is 205 Å². The number of ether oxygens (including phenoxy) is 4. The van der Waals surface area contributed by atoms with Crippen molar-refractivity contribution < 1.29 is 23.7 Å². The number of carbonyl (C=O) groups excluding carboxylic acids is 1. The molecule has 0 saturated carbocycles. The van der Waals surface area contributed by atoms with Crippen molar-refractivity contribution in [1.82, 2.24) is 5.43 Å². The first-order chi connectivity index (χ1) is 16.0. The third kappa shape index (κ3) is 6.87. The highest BCUT2D eigenvalue weighted by Crippen LogP contribution is 2.36. The van der Waals surface area contributed by atoms with Gasteiger partial charge in [-0.25, -0.2) is 5.43 Å². The molecule has 0 saturated heterocycles. The average Bonchev–Trinajstić information content (AvgIpc) is 2.82. The van der Waals surface area contributed by atoms with Crippen molar-refractivity contribution >= 4 is 39.7 Å². The van der Waals surface area contributed by atoms with E-state index in [4.69, 9.17) is 30.5 Å². The predicted molar refractivity (Wildman–Crippen MR) is 131 cm³/mol. The Kier molecular flexibility index (Phi) is 8.97. The van der Waals surface area contributed by atoms with Gasteiger partial charge in [-0.1, -0.05) is 29.8 Å². The lowest BCUT2D eigenvalue weighted by atomic mass is 10.2. The summed E-state index contributed by atoms with van der Waals surface area (Å²) in [7, 11) is 3.13. The van der Waals surface area contributed by atoms with Crippen molar-refractivity contribution in [2.45, 2.75) is 0 Å². The Balaban J connectivity index is 1.59. The molecule has 0 heterocycles. The minimum Gasteiger partial charge on any atom is -0.493 e. The Morgan fingerprint density at radius 1 is 0.970 bits per heavy atom. The van der Waals surface area contributed by atoms with Crippen LogP contribution in [0.5, 0.6) is 23.0 Å². The van der Waals surface area contributed by atoms with E-state index in [0.717, 1.165) is 0 Å². The van der Waals surface area contributed by atoms with Gasteiger partial charge in [-0.3, -0.25) is 4.79 Å². The van der Waals surface area contributed by atoms with E-state index in [9.17, 15) is 4.79 Å². The fourth-order valence-corrected chi connectivity index (χ4v) is 3.61. The van der Waals surface area contributed by atoms with Crippen LogP contribution < -0.4 is 24.4 Å². The van der Waals surface area contributed by atoms with Gasteiger partial charge in [-0.05, 0) is 64.0 Å². The standard InChI is InChI=1S/C24H22BrClN2O5/c1-30-20-8-3-4-9-21(20)32-10-11-33-23-19(25)12-16(13-22(23)31-2)15-27-28-24(29)17-6-5-7-18(26)14-17/h3-9,12-15H,10-11H2,1-2H3,(H,28,29)/b27-15-. The molecule has 1 N–H and O–H groups in total. The van der Waals surface area contributed by atoms with Gasteiger partial charge in [0.25, 0.3) is 5.91 Å². The normalized spacial score (nSPS) is 10.7. The number of halogens is 2. The van der Waals surface area contributed by atoms with E-state index in [0.29, 0.717) is 50.2 Å². The quantitative estimate of drug-likeness (QED) is 0.216. The summed E-state index contributed by atoms with van der Waals surface area (Å²) in [5.41, 5.74) is 3.58. The van der Waals surface area contributed by atoms with Gasteiger partial charge in [0.2, 0.25) is 0 Å². The zero-order valence-electron chi connectivity index (χ0n) is 18.0. The van der Waals surface area contributed by atoms with Crippen molar-refractivity contribution in [3.8, 4) is 23.0 Å². The molecule has 0 spiro atoms. The van der Waals surface area contributed by atoms with E-state index in [-0.39, 0.29) is 12.5 Å². The minimum atomic E-state index is -0.366. The van der Waals surface area contributed by atoms with Gasteiger partial charge in [0.15, 0.2) is 23.0 Å². The lowest BCUT2D eigenvalue weighted by molar-refractivity contribution is 0.0955. The number of carbonyl (C=O) groups is 1. The Morgan fingerprint density at radius 2 is 1.70 bits per heavy atom. The molecule has 1 amide bonds. The van der Waals surface area contributed by atoms with Gasteiger partial charge in [-0.2, -0.15) is 5.10 Å². The number of hydrazone groups is 1. The molecular weight excluding hydrogens is 512 g/mol. The summed E-state index contributed by atoms with van der Waals surface area (Å²) in [6, 6.07) is 17.6. The second-order valence-corrected chi connectivity index (χ2v) is 7.88. The van der Waals surface area contributed by atoms with E-state index < -0.39 is 0 Å². The highest BCUT2D eigenvalue weighted by Gasteiger charge is 2.12. The van der Waals surface area contributed by atoms with Gasteiger partial charge in [-0.15, -0.1) is 0 Å². The first kappa shape index (κ1) is 24.4. The lowest BCUT2D eigenvalue weighted by Crippen LogP contribution is -2.17. The first-order valence-corrected chi connectivity index (χ1v) is 11.0. The molecule has 9 heteroatoms. The average molecular weight is 534 g/mol. The lowest BCUT2D eigenvalue weighted by Gasteiger charge is -2.14. The molecule has 3 aromatic carbocycles. The van der Waals surface area contributed by atoms with Crippen LogP contribution >= 0.6 is 27.5 Å². The molecule has 172 valence electrons. The molecule has 3 aromatic rings. The molecular formula is C24H22BrClN2O5. The largest absolute Gasteiger partial charge is 0.493 e. The zero-order valence-corrected chi connectivity index (χ0v) is 20.4. The van der Waals surface area contributed by atoms with Crippen LogP contribution in [0.3, 0.4) is 0 Å². The van der Waals surface area contributed by atoms with E-state index in [1.165, 1.54) is 6.21 Å². The second-order valence-electron chi connectivity index (χ2n) is 6.59. The summed E-state index contributed by atoms with van der Waals surface area (Å²) in [4.78, 5) is 12.2. The summed E-state index contributed by atoms with van der Waals surface area (Å²) in [5, 5.41) is 4.48. The molecule has 0 radical (unpaired) electrons. The van der Waals surface area contributed by atoms with Gasteiger partial charge in [0, 0.05) is 10.6 Å². The third-order valence-electron chi connectivity index (χ3n) is 4.37. The number of hydrogen-bond acceptors (Lipinski definition) is 6. The SMILES string of the molecule is COc1ccccc1OCCOc1c(Br)cc(/C=N\NC(=O)c2cccc(Cl)c2)cc1OC. The van der Waals surface area contributed by atoms with E-state index >= 15 is 0 Å². The number of amides is 1. The molecule has 0 aliphatic heterocycles. The number of methoxy groups -OCH3 is 2. The molecule has 0 aliphatic rings. The highest BCUT2D eigenvalue weighted by atomic mass is 79.9. The summed E-state index contributed by atoms with van der Waals surface area (Å²) < 4.78 is 23.0. The van der Waals surface area contributed by atoms with E-state index in [1.54, 1.807) is 50.6 Å². The molecule has 0 aliphatic carbocycles. The van der Waals surface area contributed by atoms with Gasteiger partial charge < -0.3 is 18.9 Å². The fourth-order valence-electron chi connectivity index (χ4n) is 2.85. The number of rotatable bonds is 10. The van der Waals surface area contributed by atoms with Gasteiger partial charge in [0.1, 0.15) is 13.2 Å². The number of nitrogens with zero attached hydrogens (tertiary/aromatic N) is 1. The van der Waals surface area contributed by atoms with Crippen molar-refractivity contribution in [2.24, 2.45) is 5.10 Å². The Morgan fingerprint density at radius 3 is 2.42 bits per heavy atom. The minimum absolute atomic E-state index is 0.288. The Bertz CT molecular complexity index is 1140. The molecule has 0 atom stereocenters. The van der Waals surface area contributed by atoms with Crippen LogP contribution in [-0.2, 0) is 0 Å². The van der Waals surface area contributed by atoms with Gasteiger partial charge in [0.05, 0.1) is 24.9 Å². The van der Waals surface area contributed by atoms with Crippen LogP contribution in [0.25, 0.3) is 0 Å². The van der Waals surface area contributed by atoms with Gasteiger partial charge >= 0.3 is 0 Å². The molecule has 0 bridgehead atoms. The van der Waals surface area contributed by atoms with Crippen LogP contribution in [0, 0.1) is 0 Å². The molecule has 7 nitrogen and oxygen atoms in total.